The Balaban J connectivity index is 1.78. The van der Waals surface area contributed by atoms with Crippen molar-refractivity contribution >= 4 is 17.7 Å². The van der Waals surface area contributed by atoms with Gasteiger partial charge in [0, 0.05) is 11.1 Å². The molecule has 0 atom stereocenters. The smallest absolute Gasteiger partial charge is 0.325 e. The van der Waals surface area contributed by atoms with Crippen LogP contribution in [0.3, 0.4) is 0 Å². The van der Waals surface area contributed by atoms with Gasteiger partial charge in [0.1, 0.15) is 6.54 Å². The average molecular weight is 339 g/mol. The van der Waals surface area contributed by atoms with Gasteiger partial charge >= 0.3 is 5.97 Å². The lowest BCUT2D eigenvalue weighted by Crippen LogP contribution is -2.31. The van der Waals surface area contributed by atoms with Crippen molar-refractivity contribution in [3.8, 4) is 0 Å². The minimum Gasteiger partial charge on any atom is -0.456 e. The molecule has 0 heterocycles. The molecule has 1 N–H and O–H groups in total. The van der Waals surface area contributed by atoms with Gasteiger partial charge in [0.25, 0.3) is 5.91 Å². The number of hydrogen-bond acceptors (Lipinski definition) is 4. The van der Waals surface area contributed by atoms with Crippen LogP contribution in [-0.4, -0.2) is 30.8 Å². The SMILES string of the molecule is CCc1ccc(C(=O)COC(=O)CNC(=O)c2cccc(C)c2)cc1. The first kappa shape index (κ1) is 18.4. The number of benzene rings is 2. The van der Waals surface area contributed by atoms with E-state index in [1.807, 2.05) is 32.0 Å². The molecular weight excluding hydrogens is 318 g/mol. The lowest BCUT2D eigenvalue weighted by Gasteiger charge is -2.07. The summed E-state index contributed by atoms with van der Waals surface area (Å²) in [5.41, 5.74) is 3.05. The molecule has 0 aliphatic heterocycles. The molecule has 2 aromatic rings. The standard InChI is InChI=1S/C20H21NO4/c1-3-15-7-9-16(10-8-15)18(22)13-25-19(23)12-21-20(24)17-6-4-5-14(2)11-17/h4-11H,3,12-13H2,1-2H3,(H,21,24). The molecule has 5 nitrogen and oxygen atoms in total. The minimum absolute atomic E-state index is 0.277. The number of amides is 1. The number of esters is 1. The van der Waals surface area contributed by atoms with Crippen LogP contribution in [0.25, 0.3) is 0 Å². The summed E-state index contributed by atoms with van der Waals surface area (Å²) in [5, 5.41) is 2.48. The van der Waals surface area contributed by atoms with Gasteiger partial charge in [-0.2, -0.15) is 0 Å². The molecule has 2 aromatic carbocycles. The second kappa shape index (κ2) is 8.78. The molecule has 1 amide bonds. The van der Waals surface area contributed by atoms with E-state index in [2.05, 4.69) is 5.32 Å². The molecule has 25 heavy (non-hydrogen) atoms. The zero-order chi connectivity index (χ0) is 18.2. The number of carbonyl (C=O) groups excluding carboxylic acids is 3. The van der Waals surface area contributed by atoms with E-state index in [4.69, 9.17) is 4.74 Å². The fraction of sp³-hybridized carbons (Fsp3) is 0.250. The van der Waals surface area contributed by atoms with Crippen molar-refractivity contribution in [1.82, 2.24) is 5.32 Å². The van der Waals surface area contributed by atoms with E-state index in [1.54, 1.807) is 30.3 Å². The first-order chi connectivity index (χ1) is 12.0. The summed E-state index contributed by atoms with van der Waals surface area (Å²) in [5.74, 6) is -1.29. The molecule has 5 heteroatoms. The van der Waals surface area contributed by atoms with E-state index < -0.39 is 5.97 Å². The molecule has 2 rings (SSSR count). The summed E-state index contributed by atoms with van der Waals surface area (Å²) in [4.78, 5) is 35.6. The number of hydrogen-bond donors (Lipinski definition) is 1. The lowest BCUT2D eigenvalue weighted by molar-refractivity contribution is -0.141. The molecule has 130 valence electrons. The number of ether oxygens (including phenoxy) is 1. The van der Waals surface area contributed by atoms with Gasteiger partial charge in [-0.3, -0.25) is 14.4 Å². The Kier molecular flexibility index (Phi) is 6.46. The van der Waals surface area contributed by atoms with Crippen LogP contribution in [0.15, 0.2) is 48.5 Å². The zero-order valence-electron chi connectivity index (χ0n) is 14.4. The van der Waals surface area contributed by atoms with Crippen LogP contribution in [0.2, 0.25) is 0 Å². The third kappa shape index (κ3) is 5.57. The number of rotatable bonds is 7. The van der Waals surface area contributed by atoms with Crippen molar-refractivity contribution < 1.29 is 19.1 Å². The molecule has 0 aromatic heterocycles. The van der Waals surface area contributed by atoms with Gasteiger partial charge in [-0.15, -0.1) is 0 Å². The monoisotopic (exact) mass is 339 g/mol. The maximum Gasteiger partial charge on any atom is 0.325 e. The van der Waals surface area contributed by atoms with Gasteiger partial charge in [0.2, 0.25) is 0 Å². The van der Waals surface area contributed by atoms with Gasteiger partial charge in [-0.25, -0.2) is 0 Å². The molecule has 0 aliphatic carbocycles. The molecular formula is C20H21NO4. The van der Waals surface area contributed by atoms with Crippen LogP contribution in [0.4, 0.5) is 0 Å². The van der Waals surface area contributed by atoms with Crippen molar-refractivity contribution in [3.63, 3.8) is 0 Å². The van der Waals surface area contributed by atoms with Crippen LogP contribution in [0, 0.1) is 6.92 Å². The second-order valence-electron chi connectivity index (χ2n) is 5.69. The van der Waals surface area contributed by atoms with Crippen molar-refractivity contribution in [2.45, 2.75) is 20.3 Å². The Morgan fingerprint density at radius 3 is 2.36 bits per heavy atom. The molecule has 0 spiro atoms. The Labute approximate surface area is 147 Å². The van der Waals surface area contributed by atoms with E-state index in [9.17, 15) is 14.4 Å². The zero-order valence-corrected chi connectivity index (χ0v) is 14.4. The van der Waals surface area contributed by atoms with Crippen molar-refractivity contribution in [1.29, 1.82) is 0 Å². The average Bonchev–Trinajstić information content (AvgIpc) is 2.64. The van der Waals surface area contributed by atoms with E-state index in [0.717, 1.165) is 17.5 Å². The highest BCUT2D eigenvalue weighted by Gasteiger charge is 2.12. The highest BCUT2D eigenvalue weighted by atomic mass is 16.5. The maximum absolute atomic E-state index is 12.0. The number of Topliss-reactive ketones (excluding diaryl/α,β-unsaturated/α-hetero) is 1. The summed E-state index contributed by atoms with van der Waals surface area (Å²) < 4.78 is 4.92. The first-order valence-corrected chi connectivity index (χ1v) is 8.12. The Morgan fingerprint density at radius 2 is 1.72 bits per heavy atom. The van der Waals surface area contributed by atoms with Gasteiger partial charge in [-0.1, -0.05) is 48.9 Å². The quantitative estimate of drug-likeness (QED) is 0.622. The molecule has 0 radical (unpaired) electrons. The molecule has 0 fully saturated rings. The molecule has 0 unspecified atom stereocenters. The summed E-state index contributed by atoms with van der Waals surface area (Å²) >= 11 is 0. The topological polar surface area (TPSA) is 72.5 Å². The third-order valence-electron chi connectivity index (χ3n) is 3.72. The summed E-state index contributed by atoms with van der Waals surface area (Å²) in [6.45, 7) is 3.28. The summed E-state index contributed by atoms with van der Waals surface area (Å²) in [7, 11) is 0. The number of aryl methyl sites for hydroxylation is 2. The number of nitrogens with one attached hydrogen (secondary N) is 1. The fourth-order valence-electron chi connectivity index (χ4n) is 2.25. The van der Waals surface area contributed by atoms with E-state index in [1.165, 1.54) is 0 Å². The van der Waals surface area contributed by atoms with Gasteiger partial charge < -0.3 is 10.1 Å². The fourth-order valence-corrected chi connectivity index (χ4v) is 2.25. The van der Waals surface area contributed by atoms with Crippen LogP contribution in [-0.2, 0) is 16.0 Å². The lowest BCUT2D eigenvalue weighted by atomic mass is 10.1. The van der Waals surface area contributed by atoms with Gasteiger partial charge in [0.15, 0.2) is 12.4 Å². The largest absolute Gasteiger partial charge is 0.456 e. The van der Waals surface area contributed by atoms with E-state index in [0.29, 0.717) is 11.1 Å². The van der Waals surface area contributed by atoms with Crippen molar-refractivity contribution in [3.05, 3.63) is 70.8 Å². The first-order valence-electron chi connectivity index (χ1n) is 8.12. The number of carbonyl (C=O) groups is 3. The highest BCUT2D eigenvalue weighted by Crippen LogP contribution is 2.06. The second-order valence-corrected chi connectivity index (χ2v) is 5.69. The third-order valence-corrected chi connectivity index (χ3v) is 3.72. The maximum atomic E-state index is 12.0. The van der Waals surface area contributed by atoms with Crippen LogP contribution >= 0.6 is 0 Å². The van der Waals surface area contributed by atoms with E-state index >= 15 is 0 Å². The Bertz CT molecular complexity index is 766. The molecule has 0 saturated heterocycles. The summed E-state index contributed by atoms with van der Waals surface area (Å²) in [6.07, 6.45) is 0.893. The van der Waals surface area contributed by atoms with Gasteiger partial charge in [0.05, 0.1) is 0 Å². The predicted octanol–water partition coefficient (Wildman–Crippen LogP) is 2.71. The Hall–Kier alpha value is -2.95. The van der Waals surface area contributed by atoms with Crippen molar-refractivity contribution in [2.75, 3.05) is 13.2 Å². The van der Waals surface area contributed by atoms with E-state index in [-0.39, 0.29) is 24.8 Å². The Morgan fingerprint density at radius 1 is 1.00 bits per heavy atom. The molecule has 0 aliphatic rings. The van der Waals surface area contributed by atoms with Crippen LogP contribution < -0.4 is 5.32 Å². The normalized spacial score (nSPS) is 10.2. The van der Waals surface area contributed by atoms with Crippen molar-refractivity contribution in [2.24, 2.45) is 0 Å². The highest BCUT2D eigenvalue weighted by molar-refractivity contribution is 5.98. The summed E-state index contributed by atoms with van der Waals surface area (Å²) in [6, 6.07) is 14.2. The van der Waals surface area contributed by atoms with Gasteiger partial charge in [-0.05, 0) is 31.0 Å². The molecule has 0 bridgehead atoms. The minimum atomic E-state index is -0.653. The van der Waals surface area contributed by atoms with Crippen LogP contribution in [0.5, 0.6) is 0 Å². The predicted molar refractivity (Wildman–Crippen MR) is 94.6 cm³/mol. The number of ketones is 1. The molecule has 0 saturated carbocycles. The van der Waals surface area contributed by atoms with Crippen LogP contribution in [0.1, 0.15) is 38.8 Å².